The fourth-order valence-corrected chi connectivity index (χ4v) is 6.21. The van der Waals surface area contributed by atoms with E-state index in [-0.39, 0.29) is 18.3 Å². The molecule has 0 fully saturated rings. The third-order valence-electron chi connectivity index (χ3n) is 9.24. The number of aliphatic hydroxyl groups is 2. The first kappa shape index (κ1) is 45.6. The van der Waals surface area contributed by atoms with Crippen molar-refractivity contribution in [2.24, 2.45) is 0 Å². The molecule has 6 nitrogen and oxygen atoms in total. The Hall–Kier alpha value is -1.37. The first-order valence-corrected chi connectivity index (χ1v) is 20.1. The van der Waals surface area contributed by atoms with Gasteiger partial charge in [0.15, 0.2) is 0 Å². The zero-order valence-electron chi connectivity index (χ0n) is 31.4. The monoisotopic (exact) mass is 666 g/mol. The summed E-state index contributed by atoms with van der Waals surface area (Å²) in [4.78, 5) is 13.4. The van der Waals surface area contributed by atoms with E-state index in [1.807, 2.05) is 0 Å². The van der Waals surface area contributed by atoms with E-state index in [2.05, 4.69) is 50.2 Å². The standard InChI is InChI=1S/C41H79NO5/c1-4-5-6-24-31-38(43)32-25-18-12-7-9-15-21-28-35-40(47-41(45)46)36-29-22-16-10-8-13-19-26-33-39(44)34-27-20-14-11-17-23-30-37-42(2)3/h18-19,25-26,38-40,43-44H,4-17,20-24,27-37H2,1-3H3,(H,45,46)/b25-18-,26-19-/t38-,39+,40?/m1/s1. The predicted octanol–water partition coefficient (Wildman–Crippen LogP) is 11.8. The normalized spacial score (nSPS) is 14.0. The van der Waals surface area contributed by atoms with Crippen molar-refractivity contribution in [1.82, 2.24) is 4.90 Å². The van der Waals surface area contributed by atoms with E-state index in [9.17, 15) is 15.0 Å². The zero-order chi connectivity index (χ0) is 34.6. The van der Waals surface area contributed by atoms with Crippen molar-refractivity contribution in [2.45, 2.75) is 211 Å². The molecule has 0 aromatic heterocycles. The van der Waals surface area contributed by atoms with E-state index in [0.717, 1.165) is 89.9 Å². The van der Waals surface area contributed by atoms with Crippen LogP contribution in [-0.2, 0) is 4.74 Å². The molecular formula is C41H79NO5. The Kier molecular flexibility index (Phi) is 34.9. The van der Waals surface area contributed by atoms with Crippen LogP contribution in [0.1, 0.15) is 193 Å². The van der Waals surface area contributed by atoms with E-state index in [1.165, 1.54) is 103 Å². The lowest BCUT2D eigenvalue weighted by atomic mass is 10.0. The van der Waals surface area contributed by atoms with Gasteiger partial charge in [0.1, 0.15) is 6.10 Å². The summed E-state index contributed by atoms with van der Waals surface area (Å²) in [5, 5.41) is 29.4. The molecule has 1 unspecified atom stereocenters. The summed E-state index contributed by atoms with van der Waals surface area (Å²) >= 11 is 0. The Morgan fingerprint density at radius 2 is 0.936 bits per heavy atom. The summed E-state index contributed by atoms with van der Waals surface area (Å²) in [5.41, 5.74) is 0. The molecule has 0 saturated heterocycles. The summed E-state index contributed by atoms with van der Waals surface area (Å²) in [6.45, 7) is 3.41. The van der Waals surface area contributed by atoms with Crippen molar-refractivity contribution < 1.29 is 24.9 Å². The van der Waals surface area contributed by atoms with Gasteiger partial charge in [0, 0.05) is 0 Å². The molecule has 0 aromatic rings. The number of hydrogen-bond acceptors (Lipinski definition) is 5. The zero-order valence-corrected chi connectivity index (χ0v) is 31.4. The molecule has 0 bridgehead atoms. The Morgan fingerprint density at radius 1 is 0.553 bits per heavy atom. The maximum Gasteiger partial charge on any atom is 0.506 e. The van der Waals surface area contributed by atoms with Gasteiger partial charge in [-0.2, -0.15) is 0 Å². The second-order valence-electron chi connectivity index (χ2n) is 14.3. The van der Waals surface area contributed by atoms with E-state index < -0.39 is 6.16 Å². The SMILES string of the molecule is CCCCCC[C@@H](O)C/C=C\CCCCCCCC(CCCCCCC/C=C\C[C@H](O)CCCCCCCCCN(C)C)OC(=O)O. The molecule has 3 atom stereocenters. The quantitative estimate of drug-likeness (QED) is 0.0350. The van der Waals surface area contributed by atoms with Gasteiger partial charge in [0.2, 0.25) is 0 Å². The summed E-state index contributed by atoms with van der Waals surface area (Å²) < 4.78 is 5.19. The van der Waals surface area contributed by atoms with Crippen molar-refractivity contribution in [2.75, 3.05) is 20.6 Å². The number of carbonyl (C=O) groups is 1. The minimum Gasteiger partial charge on any atom is -0.450 e. The molecule has 0 aliphatic rings. The van der Waals surface area contributed by atoms with Gasteiger partial charge in [-0.15, -0.1) is 0 Å². The molecule has 0 heterocycles. The number of allylic oxidation sites excluding steroid dienone is 2. The van der Waals surface area contributed by atoms with Crippen LogP contribution in [-0.4, -0.2) is 65.3 Å². The van der Waals surface area contributed by atoms with Gasteiger partial charge >= 0.3 is 6.16 Å². The van der Waals surface area contributed by atoms with Crippen LogP contribution in [0.3, 0.4) is 0 Å². The van der Waals surface area contributed by atoms with Crippen LogP contribution in [0.25, 0.3) is 0 Å². The lowest BCUT2D eigenvalue weighted by Crippen LogP contribution is -2.16. The van der Waals surface area contributed by atoms with E-state index in [1.54, 1.807) is 0 Å². The Morgan fingerprint density at radius 3 is 1.36 bits per heavy atom. The third kappa shape index (κ3) is 37.3. The van der Waals surface area contributed by atoms with Gasteiger partial charge in [-0.1, -0.05) is 134 Å². The predicted molar refractivity (Wildman–Crippen MR) is 201 cm³/mol. The van der Waals surface area contributed by atoms with Gasteiger partial charge in [-0.3, -0.25) is 0 Å². The maximum atomic E-state index is 11.2. The molecule has 3 N–H and O–H groups in total. The minimum atomic E-state index is -1.15. The molecule has 0 radical (unpaired) electrons. The van der Waals surface area contributed by atoms with E-state index >= 15 is 0 Å². The average molecular weight is 666 g/mol. The summed E-state index contributed by atoms with van der Waals surface area (Å²) in [6.07, 6.45) is 39.5. The molecule has 0 amide bonds. The largest absolute Gasteiger partial charge is 0.506 e. The second-order valence-corrected chi connectivity index (χ2v) is 14.3. The van der Waals surface area contributed by atoms with E-state index in [0.29, 0.717) is 0 Å². The molecule has 278 valence electrons. The Labute approximate surface area is 291 Å². The van der Waals surface area contributed by atoms with Crippen molar-refractivity contribution in [3.05, 3.63) is 24.3 Å². The van der Waals surface area contributed by atoms with Crippen molar-refractivity contribution in [3.63, 3.8) is 0 Å². The number of hydrogen-bond donors (Lipinski definition) is 3. The van der Waals surface area contributed by atoms with Gasteiger partial charge in [-0.05, 0) is 104 Å². The molecule has 0 aliphatic heterocycles. The molecule has 0 saturated carbocycles. The van der Waals surface area contributed by atoms with Crippen molar-refractivity contribution in [1.29, 1.82) is 0 Å². The van der Waals surface area contributed by atoms with Crippen molar-refractivity contribution >= 4 is 6.16 Å². The van der Waals surface area contributed by atoms with Gasteiger partial charge in [0.25, 0.3) is 0 Å². The minimum absolute atomic E-state index is 0.170. The summed E-state index contributed by atoms with van der Waals surface area (Å²) in [7, 11) is 4.28. The molecule has 0 aliphatic carbocycles. The van der Waals surface area contributed by atoms with Crippen LogP contribution in [0.15, 0.2) is 24.3 Å². The first-order valence-electron chi connectivity index (χ1n) is 20.1. The smallest absolute Gasteiger partial charge is 0.450 e. The van der Waals surface area contributed by atoms with E-state index in [4.69, 9.17) is 9.84 Å². The van der Waals surface area contributed by atoms with Crippen LogP contribution >= 0.6 is 0 Å². The topological polar surface area (TPSA) is 90.2 Å². The lowest BCUT2D eigenvalue weighted by molar-refractivity contribution is 0.0422. The lowest BCUT2D eigenvalue weighted by Gasteiger charge is -2.15. The van der Waals surface area contributed by atoms with Crippen LogP contribution in [0.5, 0.6) is 0 Å². The Balaban J connectivity index is 3.67. The summed E-state index contributed by atoms with van der Waals surface area (Å²) in [5.74, 6) is 0. The highest BCUT2D eigenvalue weighted by atomic mass is 16.7. The molecule has 0 spiro atoms. The molecular weight excluding hydrogens is 586 g/mol. The molecule has 47 heavy (non-hydrogen) atoms. The highest BCUT2D eigenvalue weighted by Gasteiger charge is 2.13. The van der Waals surface area contributed by atoms with Gasteiger partial charge < -0.3 is 25.0 Å². The van der Waals surface area contributed by atoms with Gasteiger partial charge in [0.05, 0.1) is 12.2 Å². The number of nitrogens with zero attached hydrogens (tertiary/aromatic N) is 1. The van der Waals surface area contributed by atoms with Crippen LogP contribution < -0.4 is 0 Å². The summed E-state index contributed by atoms with van der Waals surface area (Å²) in [6, 6.07) is 0. The number of rotatable bonds is 36. The fourth-order valence-electron chi connectivity index (χ4n) is 6.21. The highest BCUT2D eigenvalue weighted by Crippen LogP contribution is 2.18. The van der Waals surface area contributed by atoms with Crippen molar-refractivity contribution in [3.8, 4) is 0 Å². The molecule has 0 aromatic carbocycles. The molecule has 6 heteroatoms. The first-order chi connectivity index (χ1) is 22.8. The number of aliphatic hydroxyl groups excluding tert-OH is 2. The number of unbranched alkanes of at least 4 members (excludes halogenated alkanes) is 19. The maximum absolute atomic E-state index is 11.2. The second kappa shape index (κ2) is 35.9. The van der Waals surface area contributed by atoms with Gasteiger partial charge in [-0.25, -0.2) is 4.79 Å². The van der Waals surface area contributed by atoms with Crippen LogP contribution in [0.2, 0.25) is 0 Å². The Bertz CT molecular complexity index is 710. The molecule has 0 rings (SSSR count). The van der Waals surface area contributed by atoms with Crippen LogP contribution in [0.4, 0.5) is 4.79 Å². The number of carboxylic acid groups (broad SMARTS) is 1. The fraction of sp³-hybridized carbons (Fsp3) is 0.878. The third-order valence-corrected chi connectivity index (χ3v) is 9.24. The van der Waals surface area contributed by atoms with Crippen LogP contribution in [0, 0.1) is 0 Å². The average Bonchev–Trinajstić information content (AvgIpc) is 3.03. The highest BCUT2D eigenvalue weighted by molar-refractivity contribution is 5.57. The number of ether oxygens (including phenoxy) is 1.